The Morgan fingerprint density at radius 2 is 1.83 bits per heavy atom. The molecule has 0 aliphatic carbocycles. The number of aromatic nitrogens is 2. The molecule has 2 aromatic carbocycles. The quantitative estimate of drug-likeness (QED) is 0.444. The molecule has 2 heterocycles. The molecule has 0 spiro atoms. The van der Waals surface area contributed by atoms with Crippen molar-refractivity contribution in [2.45, 2.75) is 26.1 Å². The van der Waals surface area contributed by atoms with E-state index < -0.39 is 0 Å². The summed E-state index contributed by atoms with van der Waals surface area (Å²) < 4.78 is 14.3. The van der Waals surface area contributed by atoms with Crippen LogP contribution in [0.4, 0.5) is 15.2 Å². The van der Waals surface area contributed by atoms with Crippen LogP contribution >= 0.6 is 23.1 Å². The molecule has 1 N–H and O–H groups in total. The Morgan fingerprint density at radius 3 is 2.52 bits per heavy atom. The van der Waals surface area contributed by atoms with Gasteiger partial charge in [0.25, 0.3) is 0 Å². The second-order valence-electron chi connectivity index (χ2n) is 6.49. The number of halogens is 1. The molecular weight excluding hydrogens is 407 g/mol. The molecule has 6 nitrogen and oxygen atoms in total. The van der Waals surface area contributed by atoms with Crippen molar-refractivity contribution in [3.63, 3.8) is 0 Å². The van der Waals surface area contributed by atoms with E-state index in [1.165, 1.54) is 23.0 Å². The van der Waals surface area contributed by atoms with E-state index in [0.717, 1.165) is 15.6 Å². The normalized spacial score (nSPS) is 16.8. The first-order valence-electron chi connectivity index (χ1n) is 8.97. The van der Waals surface area contributed by atoms with Crippen LogP contribution in [0.2, 0.25) is 0 Å². The molecule has 1 aliphatic rings. The summed E-state index contributed by atoms with van der Waals surface area (Å²) in [7, 11) is 0. The van der Waals surface area contributed by atoms with Crippen molar-refractivity contribution in [2.75, 3.05) is 5.32 Å². The van der Waals surface area contributed by atoms with E-state index in [4.69, 9.17) is 0 Å². The second kappa shape index (κ2) is 8.30. The van der Waals surface area contributed by atoms with Gasteiger partial charge in [0, 0.05) is 0 Å². The van der Waals surface area contributed by atoms with Crippen LogP contribution in [-0.4, -0.2) is 26.2 Å². The lowest BCUT2D eigenvalue weighted by Gasteiger charge is -2.25. The zero-order valence-corrected chi connectivity index (χ0v) is 17.8. The van der Waals surface area contributed by atoms with Gasteiger partial charge in [0.1, 0.15) is 16.2 Å². The maximum atomic E-state index is 14.3. The van der Waals surface area contributed by atoms with E-state index in [0.29, 0.717) is 16.8 Å². The molecule has 1 aromatic heterocycles. The predicted molar refractivity (Wildman–Crippen MR) is 118 cm³/mol. The zero-order valence-electron chi connectivity index (χ0n) is 16.1. The molecule has 0 saturated heterocycles. The molecule has 148 valence electrons. The number of aliphatic imine (C=N–C) groups is 1. The van der Waals surface area contributed by atoms with E-state index in [1.54, 1.807) is 35.0 Å². The number of rotatable bonds is 3. The Bertz CT molecular complexity index is 1080. The predicted octanol–water partition coefficient (Wildman–Crippen LogP) is 5.47. The van der Waals surface area contributed by atoms with Crippen molar-refractivity contribution in [3.8, 4) is 0 Å². The number of anilines is 1. The van der Waals surface area contributed by atoms with Gasteiger partial charge in [-0.15, -0.1) is 10.2 Å². The summed E-state index contributed by atoms with van der Waals surface area (Å²) in [6, 6.07) is 14.8. The molecular formula is C20H19FN6S2. The van der Waals surface area contributed by atoms with Crippen LogP contribution in [0.15, 0.2) is 58.6 Å². The van der Waals surface area contributed by atoms with Crippen LogP contribution in [0.1, 0.15) is 28.4 Å². The molecule has 29 heavy (non-hydrogen) atoms. The molecule has 9 heteroatoms. The van der Waals surface area contributed by atoms with Crippen LogP contribution in [-0.2, 0) is 0 Å². The van der Waals surface area contributed by atoms with Crippen molar-refractivity contribution in [3.05, 3.63) is 70.5 Å². The number of hydrogen-bond donors (Lipinski definition) is 1. The summed E-state index contributed by atoms with van der Waals surface area (Å²) in [5.41, 5.74) is 2.58. The number of para-hydroxylation sites is 1. The number of nitrogens with one attached hydrogen (secondary N) is 1. The molecule has 3 aromatic rings. The first kappa shape index (κ1) is 19.5. The number of hydrazone groups is 1. The Balaban J connectivity index is 1.75. The van der Waals surface area contributed by atoms with Gasteiger partial charge < -0.3 is 5.32 Å². The molecule has 1 unspecified atom stereocenters. The third-order valence-corrected chi connectivity index (χ3v) is 6.02. The number of aryl methyl sites for hydroxylation is 2. The van der Waals surface area contributed by atoms with Crippen LogP contribution < -0.4 is 5.32 Å². The molecule has 0 saturated carbocycles. The first-order valence-corrected chi connectivity index (χ1v) is 10.7. The van der Waals surface area contributed by atoms with E-state index >= 15 is 0 Å². The summed E-state index contributed by atoms with van der Waals surface area (Å²) in [4.78, 5) is 4.61. The maximum Gasteiger partial charge on any atom is 0.234 e. The van der Waals surface area contributed by atoms with Gasteiger partial charge in [-0.1, -0.05) is 65.1 Å². The van der Waals surface area contributed by atoms with E-state index in [2.05, 4.69) is 56.8 Å². The lowest BCUT2D eigenvalue weighted by Crippen LogP contribution is -2.32. The highest BCUT2D eigenvalue weighted by molar-refractivity contribution is 8.14. The van der Waals surface area contributed by atoms with Gasteiger partial charge >= 0.3 is 0 Å². The Labute approximate surface area is 176 Å². The second-order valence-corrected chi connectivity index (χ2v) is 8.92. The number of thioether (sulfide) groups is 1. The van der Waals surface area contributed by atoms with Crippen molar-refractivity contribution in [2.24, 2.45) is 10.1 Å². The molecule has 1 aliphatic heterocycles. The highest BCUT2D eigenvalue weighted by atomic mass is 32.2. The summed E-state index contributed by atoms with van der Waals surface area (Å²) in [5.74, 6) is 0.0225. The van der Waals surface area contributed by atoms with Gasteiger partial charge in [0.15, 0.2) is 0 Å². The smallest absolute Gasteiger partial charge is 0.234 e. The fourth-order valence-electron chi connectivity index (χ4n) is 2.78. The number of hydrogen-bond acceptors (Lipinski definition) is 6. The van der Waals surface area contributed by atoms with Crippen molar-refractivity contribution in [1.29, 1.82) is 0 Å². The van der Waals surface area contributed by atoms with Gasteiger partial charge in [0.05, 0.1) is 10.7 Å². The molecule has 0 amide bonds. The van der Waals surface area contributed by atoms with Crippen LogP contribution in [0.5, 0.6) is 0 Å². The molecule has 0 bridgehead atoms. The summed E-state index contributed by atoms with van der Waals surface area (Å²) >= 11 is 2.98. The summed E-state index contributed by atoms with van der Waals surface area (Å²) in [6.07, 6.45) is 0. The van der Waals surface area contributed by atoms with E-state index in [-0.39, 0.29) is 11.2 Å². The Morgan fingerprint density at radius 1 is 1.07 bits per heavy atom. The first-order chi connectivity index (χ1) is 14.0. The summed E-state index contributed by atoms with van der Waals surface area (Å²) in [6.45, 7) is 5.86. The SMILES string of the molecule is CC1=NN(/C(=N/c2nnc(C)s2)Nc2ccccc2F)C(c2ccc(C)cc2)S1. The summed E-state index contributed by atoms with van der Waals surface area (Å²) in [5, 5.41) is 19.7. The van der Waals surface area contributed by atoms with E-state index in [9.17, 15) is 4.39 Å². The average molecular weight is 427 g/mol. The fourth-order valence-corrected chi connectivity index (χ4v) is 4.34. The van der Waals surface area contributed by atoms with Gasteiger partial charge in [-0.2, -0.15) is 10.1 Å². The van der Waals surface area contributed by atoms with Crippen molar-refractivity contribution < 1.29 is 4.39 Å². The van der Waals surface area contributed by atoms with Gasteiger partial charge in [-0.05, 0) is 38.5 Å². The third kappa shape index (κ3) is 4.46. The fraction of sp³-hybridized carbons (Fsp3) is 0.200. The van der Waals surface area contributed by atoms with Crippen LogP contribution in [0.3, 0.4) is 0 Å². The van der Waals surface area contributed by atoms with Gasteiger partial charge in [0.2, 0.25) is 11.1 Å². The average Bonchev–Trinajstić information content (AvgIpc) is 3.29. The van der Waals surface area contributed by atoms with Gasteiger partial charge in [-0.3, -0.25) is 0 Å². The van der Waals surface area contributed by atoms with E-state index in [1.807, 2.05) is 13.8 Å². The number of guanidine groups is 1. The minimum absolute atomic E-state index is 0.123. The van der Waals surface area contributed by atoms with Crippen molar-refractivity contribution >= 4 is 44.9 Å². The minimum atomic E-state index is -0.368. The minimum Gasteiger partial charge on any atom is -0.322 e. The Hall–Kier alpha value is -2.78. The molecule has 0 fully saturated rings. The zero-order chi connectivity index (χ0) is 20.4. The molecule has 1 atom stereocenters. The largest absolute Gasteiger partial charge is 0.322 e. The lowest BCUT2D eigenvalue weighted by molar-refractivity contribution is 0.437. The highest BCUT2D eigenvalue weighted by Gasteiger charge is 2.31. The van der Waals surface area contributed by atoms with Crippen molar-refractivity contribution in [1.82, 2.24) is 15.2 Å². The molecule has 4 rings (SSSR count). The lowest BCUT2D eigenvalue weighted by atomic mass is 10.1. The van der Waals surface area contributed by atoms with Crippen LogP contribution in [0, 0.1) is 19.7 Å². The third-order valence-electron chi connectivity index (χ3n) is 4.17. The monoisotopic (exact) mass is 426 g/mol. The number of benzene rings is 2. The van der Waals surface area contributed by atoms with Crippen LogP contribution in [0.25, 0.3) is 0 Å². The Kier molecular flexibility index (Phi) is 5.59. The topological polar surface area (TPSA) is 65.8 Å². The molecule has 0 radical (unpaired) electrons. The highest BCUT2D eigenvalue weighted by Crippen LogP contribution is 2.40. The number of nitrogens with zero attached hydrogens (tertiary/aromatic N) is 5. The maximum absolute atomic E-state index is 14.3. The van der Waals surface area contributed by atoms with Gasteiger partial charge in [-0.25, -0.2) is 9.40 Å². The standard InChI is InChI=1S/C20H19FN6S2/c1-12-8-10-15(11-9-12)18-27(26-14(3)28-18)19(23-20-25-24-13(2)29-20)22-17-7-5-4-6-16(17)21/h4-11,18H,1-3H3,(H,22,23,25).